The molecule has 0 fully saturated rings. The Balaban J connectivity index is 3.24. The van der Waals surface area contributed by atoms with Gasteiger partial charge in [0.2, 0.25) is 10.0 Å². The van der Waals surface area contributed by atoms with E-state index < -0.39 is 10.0 Å². The number of nitrogens with zero attached hydrogens (tertiary/aromatic N) is 3. The zero-order chi connectivity index (χ0) is 14.6. The predicted octanol–water partition coefficient (Wildman–Crippen LogP) is 0.879. The minimum Gasteiger partial charge on any atom is -0.330 e. The quantitative estimate of drug-likeness (QED) is 0.807. The van der Waals surface area contributed by atoms with Crippen LogP contribution in [0.25, 0.3) is 0 Å². The summed E-state index contributed by atoms with van der Waals surface area (Å²) >= 11 is 0. The van der Waals surface area contributed by atoms with Crippen LogP contribution in [-0.2, 0) is 16.6 Å². The first kappa shape index (κ1) is 16.1. The minimum absolute atomic E-state index is 0.341. The van der Waals surface area contributed by atoms with Gasteiger partial charge in [0, 0.05) is 19.6 Å². The molecule has 110 valence electrons. The Morgan fingerprint density at radius 3 is 2.32 bits per heavy atom. The zero-order valence-corrected chi connectivity index (χ0v) is 13.0. The Morgan fingerprint density at radius 1 is 1.26 bits per heavy atom. The van der Waals surface area contributed by atoms with E-state index in [4.69, 9.17) is 5.73 Å². The number of aryl methyl sites for hydroxylation is 2. The molecule has 0 saturated carbocycles. The molecule has 0 unspecified atom stereocenters. The van der Waals surface area contributed by atoms with E-state index >= 15 is 0 Å². The normalized spacial score (nSPS) is 12.3. The van der Waals surface area contributed by atoms with E-state index in [1.54, 1.807) is 18.5 Å². The average Bonchev–Trinajstić information content (AvgIpc) is 2.63. The van der Waals surface area contributed by atoms with Gasteiger partial charge in [0.25, 0.3) is 0 Å². The number of aromatic nitrogens is 2. The Morgan fingerprint density at radius 2 is 1.84 bits per heavy atom. The Bertz CT molecular complexity index is 518. The largest absolute Gasteiger partial charge is 0.330 e. The van der Waals surface area contributed by atoms with Crippen LogP contribution in [0.2, 0.25) is 0 Å². The molecule has 6 nitrogen and oxygen atoms in total. The molecule has 1 aromatic heterocycles. The molecular formula is C12H24N4O2S. The summed E-state index contributed by atoms with van der Waals surface area (Å²) in [6.45, 7) is 9.36. The lowest BCUT2D eigenvalue weighted by Crippen LogP contribution is -2.31. The fraction of sp³-hybridized carbons (Fsp3) is 0.750. The predicted molar refractivity (Wildman–Crippen MR) is 75.5 cm³/mol. The summed E-state index contributed by atoms with van der Waals surface area (Å²) < 4.78 is 28.3. The van der Waals surface area contributed by atoms with Gasteiger partial charge in [-0.15, -0.1) is 0 Å². The molecule has 7 heteroatoms. The van der Waals surface area contributed by atoms with Gasteiger partial charge in [-0.3, -0.25) is 4.68 Å². The third-order valence-corrected chi connectivity index (χ3v) is 5.50. The third kappa shape index (κ3) is 3.16. The van der Waals surface area contributed by atoms with Crippen molar-refractivity contribution in [1.82, 2.24) is 14.1 Å². The van der Waals surface area contributed by atoms with E-state index in [0.29, 0.717) is 42.5 Å². The van der Waals surface area contributed by atoms with Crippen LogP contribution in [0.15, 0.2) is 4.90 Å². The van der Waals surface area contributed by atoms with Gasteiger partial charge >= 0.3 is 0 Å². The van der Waals surface area contributed by atoms with Crippen molar-refractivity contribution in [3.05, 3.63) is 11.4 Å². The highest BCUT2D eigenvalue weighted by Gasteiger charge is 2.28. The molecule has 0 spiro atoms. The molecule has 0 atom stereocenters. The lowest BCUT2D eigenvalue weighted by atomic mass is 10.4. The van der Waals surface area contributed by atoms with Crippen LogP contribution in [0.5, 0.6) is 0 Å². The topological polar surface area (TPSA) is 81.2 Å². The van der Waals surface area contributed by atoms with Gasteiger partial charge in [-0.1, -0.05) is 13.8 Å². The molecule has 1 aromatic rings. The van der Waals surface area contributed by atoms with E-state index in [1.807, 2.05) is 13.8 Å². The summed E-state index contributed by atoms with van der Waals surface area (Å²) in [5, 5.41) is 4.32. The van der Waals surface area contributed by atoms with E-state index in [1.165, 1.54) is 4.31 Å². The lowest BCUT2D eigenvalue weighted by Gasteiger charge is -2.18. The second-order valence-corrected chi connectivity index (χ2v) is 6.33. The lowest BCUT2D eigenvalue weighted by molar-refractivity contribution is 0.444. The van der Waals surface area contributed by atoms with Crippen molar-refractivity contribution in [2.45, 2.75) is 45.6 Å². The van der Waals surface area contributed by atoms with E-state index in [-0.39, 0.29) is 0 Å². The minimum atomic E-state index is -3.45. The van der Waals surface area contributed by atoms with Crippen molar-refractivity contribution < 1.29 is 8.42 Å². The molecule has 0 radical (unpaired) electrons. The van der Waals surface area contributed by atoms with Crippen LogP contribution >= 0.6 is 0 Å². The molecule has 2 N–H and O–H groups in total. The van der Waals surface area contributed by atoms with Crippen LogP contribution in [0.3, 0.4) is 0 Å². The summed E-state index contributed by atoms with van der Waals surface area (Å²) in [5.74, 6) is 0. The number of sulfonamides is 1. The van der Waals surface area contributed by atoms with Crippen LogP contribution in [0, 0.1) is 13.8 Å². The second kappa shape index (κ2) is 6.49. The summed E-state index contributed by atoms with van der Waals surface area (Å²) in [7, 11) is -3.45. The van der Waals surface area contributed by atoms with Crippen LogP contribution in [-0.4, -0.2) is 42.1 Å². The number of nitrogens with two attached hydrogens (primary N) is 1. The van der Waals surface area contributed by atoms with Crippen molar-refractivity contribution in [3.63, 3.8) is 0 Å². The first-order chi connectivity index (χ1) is 8.89. The highest BCUT2D eigenvalue weighted by Crippen LogP contribution is 2.23. The van der Waals surface area contributed by atoms with Crippen LogP contribution in [0.1, 0.15) is 31.7 Å². The van der Waals surface area contributed by atoms with Crippen molar-refractivity contribution in [2.24, 2.45) is 5.73 Å². The Hall–Kier alpha value is -0.920. The first-order valence-corrected chi connectivity index (χ1v) is 8.08. The third-order valence-electron chi connectivity index (χ3n) is 3.19. The van der Waals surface area contributed by atoms with Gasteiger partial charge < -0.3 is 5.73 Å². The van der Waals surface area contributed by atoms with E-state index in [0.717, 1.165) is 6.42 Å². The second-order valence-electron chi connectivity index (χ2n) is 4.45. The zero-order valence-electron chi connectivity index (χ0n) is 12.2. The van der Waals surface area contributed by atoms with Gasteiger partial charge in [0.05, 0.1) is 11.4 Å². The van der Waals surface area contributed by atoms with E-state index in [9.17, 15) is 8.42 Å². The number of hydrogen-bond acceptors (Lipinski definition) is 4. The van der Waals surface area contributed by atoms with Crippen molar-refractivity contribution in [3.8, 4) is 0 Å². The SMILES string of the molecule is CCN(CC)S(=O)(=O)c1c(C)nn(CCCN)c1C. The van der Waals surface area contributed by atoms with E-state index in [2.05, 4.69) is 5.10 Å². The van der Waals surface area contributed by atoms with Crippen LogP contribution in [0.4, 0.5) is 0 Å². The molecule has 0 bridgehead atoms. The summed E-state index contributed by atoms with van der Waals surface area (Å²) in [4.78, 5) is 0.341. The molecule has 0 amide bonds. The molecule has 0 aliphatic carbocycles. The van der Waals surface area contributed by atoms with Gasteiger partial charge in [0.1, 0.15) is 4.90 Å². The number of hydrogen-bond donors (Lipinski definition) is 1. The maximum absolute atomic E-state index is 12.6. The van der Waals surface area contributed by atoms with Crippen LogP contribution < -0.4 is 5.73 Å². The fourth-order valence-corrected chi connectivity index (χ4v) is 4.04. The smallest absolute Gasteiger partial charge is 0.246 e. The van der Waals surface area contributed by atoms with Crippen molar-refractivity contribution in [2.75, 3.05) is 19.6 Å². The fourth-order valence-electron chi connectivity index (χ4n) is 2.21. The molecule has 1 heterocycles. The monoisotopic (exact) mass is 288 g/mol. The maximum Gasteiger partial charge on any atom is 0.246 e. The molecule has 0 saturated heterocycles. The molecule has 1 rings (SSSR count). The first-order valence-electron chi connectivity index (χ1n) is 6.64. The number of rotatable bonds is 7. The summed E-state index contributed by atoms with van der Waals surface area (Å²) in [6.07, 6.45) is 0.784. The molecule has 19 heavy (non-hydrogen) atoms. The van der Waals surface area contributed by atoms with Crippen molar-refractivity contribution in [1.29, 1.82) is 0 Å². The summed E-state index contributed by atoms with van der Waals surface area (Å²) in [6, 6.07) is 0. The molecular weight excluding hydrogens is 264 g/mol. The molecule has 0 aliphatic heterocycles. The van der Waals surface area contributed by atoms with Gasteiger partial charge in [-0.25, -0.2) is 8.42 Å². The standard InChI is InChI=1S/C12H24N4O2S/c1-5-15(6-2)19(17,18)12-10(3)14-16(11(12)4)9-7-8-13/h5-9,13H2,1-4H3. The molecule has 0 aliphatic rings. The average molecular weight is 288 g/mol. The van der Waals surface area contributed by atoms with Gasteiger partial charge in [0.15, 0.2) is 0 Å². The Kier molecular flexibility index (Phi) is 5.51. The highest BCUT2D eigenvalue weighted by molar-refractivity contribution is 7.89. The maximum atomic E-state index is 12.6. The Labute approximate surface area is 115 Å². The highest BCUT2D eigenvalue weighted by atomic mass is 32.2. The molecule has 0 aromatic carbocycles. The summed E-state index contributed by atoms with van der Waals surface area (Å²) in [5.41, 5.74) is 6.73. The van der Waals surface area contributed by atoms with Gasteiger partial charge in [-0.2, -0.15) is 9.40 Å². The van der Waals surface area contributed by atoms with Gasteiger partial charge in [-0.05, 0) is 26.8 Å². The van der Waals surface area contributed by atoms with Crippen molar-refractivity contribution >= 4 is 10.0 Å².